The number of carbonyl (C=O) groups excluding carboxylic acids is 1. The van der Waals surface area contributed by atoms with E-state index in [1.165, 1.54) is 12.1 Å². The van der Waals surface area contributed by atoms with E-state index in [2.05, 4.69) is 18.7 Å². The molecular formula is C21H25FN2O2. The summed E-state index contributed by atoms with van der Waals surface area (Å²) < 4.78 is 18.9. The number of halogens is 1. The number of ether oxygens (including phenoxy) is 1. The molecule has 2 aromatic rings. The third-order valence-electron chi connectivity index (χ3n) is 4.75. The van der Waals surface area contributed by atoms with Crippen LogP contribution in [0.5, 0.6) is 5.75 Å². The molecule has 1 aliphatic heterocycles. The number of rotatable bonds is 6. The molecule has 0 radical (unpaired) electrons. The summed E-state index contributed by atoms with van der Waals surface area (Å²) in [6.45, 7) is 6.17. The maximum Gasteiger partial charge on any atom is 0.234 e. The van der Waals surface area contributed by atoms with E-state index in [1.54, 1.807) is 6.07 Å². The van der Waals surface area contributed by atoms with Gasteiger partial charge in [0.15, 0.2) is 0 Å². The van der Waals surface area contributed by atoms with E-state index in [1.807, 2.05) is 30.3 Å². The van der Waals surface area contributed by atoms with E-state index in [-0.39, 0.29) is 23.2 Å². The van der Waals surface area contributed by atoms with E-state index in [0.29, 0.717) is 13.2 Å². The van der Waals surface area contributed by atoms with Crippen LogP contribution < -0.4 is 10.5 Å². The van der Waals surface area contributed by atoms with Gasteiger partial charge in [0.1, 0.15) is 18.2 Å². The highest BCUT2D eigenvalue weighted by Crippen LogP contribution is 2.34. The van der Waals surface area contributed by atoms with Gasteiger partial charge in [0.25, 0.3) is 0 Å². The summed E-state index contributed by atoms with van der Waals surface area (Å²) in [4.78, 5) is 13.9. The van der Waals surface area contributed by atoms with Gasteiger partial charge in [-0.1, -0.05) is 38.1 Å². The van der Waals surface area contributed by atoms with Crippen molar-refractivity contribution in [1.29, 1.82) is 0 Å². The molecule has 1 aliphatic rings. The van der Waals surface area contributed by atoms with Crippen LogP contribution in [0.2, 0.25) is 0 Å². The van der Waals surface area contributed by atoms with Gasteiger partial charge in [-0.05, 0) is 47.2 Å². The number of nitrogens with two attached hydrogens (primary N) is 1. The van der Waals surface area contributed by atoms with Gasteiger partial charge in [-0.25, -0.2) is 4.39 Å². The third-order valence-corrected chi connectivity index (χ3v) is 4.75. The molecule has 3 rings (SSSR count). The highest BCUT2D eigenvalue weighted by Gasteiger charge is 2.40. The Bertz CT molecular complexity index is 774. The van der Waals surface area contributed by atoms with Crippen LogP contribution in [0.3, 0.4) is 0 Å². The number of likely N-dealkylation sites (tertiary alicyclic amines) is 1. The van der Waals surface area contributed by atoms with Crippen molar-refractivity contribution in [3.05, 3.63) is 65.5 Å². The first-order valence-electron chi connectivity index (χ1n) is 8.82. The van der Waals surface area contributed by atoms with Crippen molar-refractivity contribution in [2.45, 2.75) is 39.5 Å². The normalized spacial score (nSPS) is 19.4. The topological polar surface area (TPSA) is 55.6 Å². The Morgan fingerprint density at radius 1 is 1.23 bits per heavy atom. The molecule has 0 spiro atoms. The molecule has 1 atom stereocenters. The molecule has 5 heteroatoms. The van der Waals surface area contributed by atoms with Crippen LogP contribution in [0.4, 0.5) is 4.39 Å². The van der Waals surface area contributed by atoms with Gasteiger partial charge in [-0.15, -0.1) is 0 Å². The quantitative estimate of drug-likeness (QED) is 0.862. The van der Waals surface area contributed by atoms with E-state index in [9.17, 15) is 9.18 Å². The lowest BCUT2D eigenvalue weighted by Crippen LogP contribution is -2.39. The van der Waals surface area contributed by atoms with Crippen molar-refractivity contribution < 1.29 is 13.9 Å². The Morgan fingerprint density at radius 3 is 2.62 bits per heavy atom. The van der Waals surface area contributed by atoms with Crippen molar-refractivity contribution in [3.63, 3.8) is 0 Å². The average molecular weight is 356 g/mol. The number of benzene rings is 2. The zero-order valence-corrected chi connectivity index (χ0v) is 15.2. The van der Waals surface area contributed by atoms with Crippen LogP contribution in [0, 0.1) is 11.2 Å². The number of amides is 1. The summed E-state index contributed by atoms with van der Waals surface area (Å²) in [6.07, 6.45) is 0.789. The molecule has 26 heavy (non-hydrogen) atoms. The van der Waals surface area contributed by atoms with Crippen molar-refractivity contribution in [3.8, 4) is 5.75 Å². The van der Waals surface area contributed by atoms with Gasteiger partial charge in [0, 0.05) is 13.1 Å². The lowest BCUT2D eigenvalue weighted by molar-refractivity contribution is -0.122. The monoisotopic (exact) mass is 356 g/mol. The van der Waals surface area contributed by atoms with E-state index < -0.39 is 0 Å². The molecule has 0 saturated carbocycles. The minimum Gasteiger partial charge on any atom is -0.489 e. The molecule has 0 bridgehead atoms. The van der Waals surface area contributed by atoms with Crippen LogP contribution >= 0.6 is 0 Å². The molecule has 0 aromatic heterocycles. The predicted molar refractivity (Wildman–Crippen MR) is 99.0 cm³/mol. The number of carbonyl (C=O) groups is 1. The maximum atomic E-state index is 13.2. The zero-order chi connectivity index (χ0) is 18.7. The second-order valence-corrected chi connectivity index (χ2v) is 7.75. The fraction of sp³-hybridized carbons (Fsp3) is 0.381. The SMILES string of the molecule is CC1(C)CC(C(N)=O)N(Cc2ccc(OCc3cccc(F)c3)cc2)C1. The van der Waals surface area contributed by atoms with Gasteiger partial charge in [-0.3, -0.25) is 9.69 Å². The van der Waals surface area contributed by atoms with Gasteiger partial charge < -0.3 is 10.5 Å². The van der Waals surface area contributed by atoms with Gasteiger partial charge in [0.2, 0.25) is 5.91 Å². The molecule has 2 aromatic carbocycles. The Morgan fingerprint density at radius 2 is 1.96 bits per heavy atom. The lowest BCUT2D eigenvalue weighted by atomic mass is 9.90. The predicted octanol–water partition coefficient (Wildman–Crippen LogP) is 3.49. The Kier molecular flexibility index (Phi) is 5.28. The van der Waals surface area contributed by atoms with Crippen molar-refractivity contribution in [1.82, 2.24) is 4.90 Å². The number of hydrogen-bond acceptors (Lipinski definition) is 3. The molecule has 1 saturated heterocycles. The summed E-state index contributed by atoms with van der Waals surface area (Å²) in [5.74, 6) is 0.204. The summed E-state index contributed by atoms with van der Waals surface area (Å²) in [6, 6.07) is 13.9. The van der Waals surface area contributed by atoms with E-state index in [4.69, 9.17) is 10.5 Å². The van der Waals surface area contributed by atoms with Gasteiger partial charge in [0.05, 0.1) is 6.04 Å². The summed E-state index contributed by atoms with van der Waals surface area (Å²) in [5, 5.41) is 0. The van der Waals surface area contributed by atoms with Crippen molar-refractivity contribution >= 4 is 5.91 Å². The summed E-state index contributed by atoms with van der Waals surface area (Å²) in [7, 11) is 0. The Labute approximate surface area is 153 Å². The summed E-state index contributed by atoms with van der Waals surface area (Å²) >= 11 is 0. The number of nitrogens with zero attached hydrogens (tertiary/aromatic N) is 1. The molecule has 1 unspecified atom stereocenters. The van der Waals surface area contributed by atoms with Crippen LogP contribution in [0.1, 0.15) is 31.4 Å². The Balaban J connectivity index is 1.60. The molecule has 1 amide bonds. The number of hydrogen-bond donors (Lipinski definition) is 1. The average Bonchev–Trinajstić information content (AvgIpc) is 2.89. The van der Waals surface area contributed by atoms with Crippen LogP contribution in [-0.2, 0) is 17.9 Å². The molecule has 0 aliphatic carbocycles. The first-order chi connectivity index (χ1) is 12.3. The Hall–Kier alpha value is -2.40. The fourth-order valence-electron chi connectivity index (χ4n) is 3.54. The smallest absolute Gasteiger partial charge is 0.234 e. The second-order valence-electron chi connectivity index (χ2n) is 7.75. The minimum atomic E-state index is -0.265. The molecule has 2 N–H and O–H groups in total. The molecule has 138 valence electrons. The largest absolute Gasteiger partial charge is 0.489 e. The summed E-state index contributed by atoms with van der Waals surface area (Å²) in [5.41, 5.74) is 7.55. The second kappa shape index (κ2) is 7.46. The van der Waals surface area contributed by atoms with Gasteiger partial charge >= 0.3 is 0 Å². The van der Waals surface area contributed by atoms with Crippen molar-refractivity contribution in [2.75, 3.05) is 6.54 Å². The molecular weight excluding hydrogens is 331 g/mol. The van der Waals surface area contributed by atoms with E-state index >= 15 is 0 Å². The van der Waals surface area contributed by atoms with Crippen LogP contribution in [-0.4, -0.2) is 23.4 Å². The maximum absolute atomic E-state index is 13.2. The lowest BCUT2D eigenvalue weighted by Gasteiger charge is -2.22. The highest BCUT2D eigenvalue weighted by atomic mass is 19.1. The van der Waals surface area contributed by atoms with Gasteiger partial charge in [-0.2, -0.15) is 0 Å². The molecule has 4 nitrogen and oxygen atoms in total. The highest BCUT2D eigenvalue weighted by molar-refractivity contribution is 5.80. The van der Waals surface area contributed by atoms with Crippen LogP contribution in [0.15, 0.2) is 48.5 Å². The zero-order valence-electron chi connectivity index (χ0n) is 15.2. The van der Waals surface area contributed by atoms with Crippen LogP contribution in [0.25, 0.3) is 0 Å². The molecule has 1 heterocycles. The van der Waals surface area contributed by atoms with E-state index in [0.717, 1.165) is 29.8 Å². The first kappa shape index (κ1) is 18.4. The fourth-order valence-corrected chi connectivity index (χ4v) is 3.54. The first-order valence-corrected chi connectivity index (χ1v) is 8.82. The third kappa shape index (κ3) is 4.61. The van der Waals surface area contributed by atoms with Crippen molar-refractivity contribution in [2.24, 2.45) is 11.1 Å². The minimum absolute atomic E-state index is 0.0910. The standard InChI is InChI=1S/C21H25FN2O2/c1-21(2)11-19(20(23)25)24(14-21)12-15-6-8-18(9-7-15)26-13-16-4-3-5-17(22)10-16/h3-10,19H,11-14H2,1-2H3,(H2,23,25). The number of primary amides is 1. The molecule has 1 fully saturated rings.